The first-order chi connectivity index (χ1) is 7.47. The summed E-state index contributed by atoms with van der Waals surface area (Å²) in [5.41, 5.74) is 0.647. The summed E-state index contributed by atoms with van der Waals surface area (Å²) in [6.07, 6.45) is 0.366. The molecule has 2 unspecified atom stereocenters. The van der Waals surface area contributed by atoms with Crippen molar-refractivity contribution in [3.05, 3.63) is 29.3 Å². The van der Waals surface area contributed by atoms with Crippen LogP contribution in [-0.4, -0.2) is 11.0 Å². The zero-order valence-corrected chi connectivity index (χ0v) is 9.85. The van der Waals surface area contributed by atoms with E-state index in [0.717, 1.165) is 0 Å². The molecule has 0 saturated heterocycles. The van der Waals surface area contributed by atoms with Crippen LogP contribution < -0.4 is 5.32 Å². The van der Waals surface area contributed by atoms with E-state index in [1.807, 2.05) is 0 Å². The molecule has 1 N–H and O–H groups in total. The lowest BCUT2D eigenvalue weighted by Crippen LogP contribution is -2.13. The van der Waals surface area contributed by atoms with Crippen LogP contribution in [-0.2, 0) is 4.79 Å². The number of halogens is 3. The first-order valence-corrected chi connectivity index (χ1v) is 5.66. The van der Waals surface area contributed by atoms with Gasteiger partial charge in [0.2, 0.25) is 5.91 Å². The number of amides is 1. The van der Waals surface area contributed by atoms with Gasteiger partial charge in [-0.3, -0.25) is 4.79 Å². The smallest absolute Gasteiger partial charge is 0.224 e. The number of carbonyl (C=O) groups excluding carboxylic acids is 1. The molecule has 1 saturated carbocycles. The number of benzene rings is 1. The molecule has 1 aromatic carbocycles. The molecule has 0 radical (unpaired) electrons. The van der Waals surface area contributed by atoms with Crippen LogP contribution in [0.4, 0.5) is 10.1 Å². The van der Waals surface area contributed by atoms with E-state index in [2.05, 4.69) is 5.32 Å². The van der Waals surface area contributed by atoms with Gasteiger partial charge < -0.3 is 5.32 Å². The molecule has 0 bridgehead atoms. The highest BCUT2D eigenvalue weighted by Crippen LogP contribution is 2.52. The van der Waals surface area contributed by atoms with Gasteiger partial charge in [0.05, 0.1) is 0 Å². The van der Waals surface area contributed by atoms with Crippen LogP contribution in [0.15, 0.2) is 24.3 Å². The standard InChI is InChI=1S/C11H10Cl2FNO/c12-8-1-3-9(4-2-8)15-10(16)5-7-6-11(7,13)14/h1-4,7H,5-6H2,(H,15,16). The van der Waals surface area contributed by atoms with Gasteiger partial charge in [0, 0.05) is 29.5 Å². The zero-order chi connectivity index (χ0) is 11.8. The van der Waals surface area contributed by atoms with Crippen molar-refractivity contribution < 1.29 is 9.18 Å². The van der Waals surface area contributed by atoms with E-state index in [-0.39, 0.29) is 24.7 Å². The van der Waals surface area contributed by atoms with Gasteiger partial charge in [-0.05, 0) is 24.3 Å². The molecule has 2 rings (SSSR count). The highest BCUT2D eigenvalue weighted by atomic mass is 35.5. The molecule has 0 spiro atoms. The molecule has 0 aliphatic heterocycles. The van der Waals surface area contributed by atoms with Gasteiger partial charge in [-0.2, -0.15) is 0 Å². The maximum atomic E-state index is 13.0. The Morgan fingerprint density at radius 1 is 1.50 bits per heavy atom. The average molecular weight is 262 g/mol. The number of carbonyl (C=O) groups is 1. The summed E-state index contributed by atoms with van der Waals surface area (Å²) in [4.78, 5) is 11.5. The van der Waals surface area contributed by atoms with Crippen molar-refractivity contribution in [1.82, 2.24) is 0 Å². The van der Waals surface area contributed by atoms with Gasteiger partial charge >= 0.3 is 0 Å². The summed E-state index contributed by atoms with van der Waals surface area (Å²) in [7, 11) is 0. The topological polar surface area (TPSA) is 29.1 Å². The molecule has 0 aromatic heterocycles. The fourth-order valence-corrected chi connectivity index (χ4v) is 1.85. The Balaban J connectivity index is 1.86. The Morgan fingerprint density at radius 2 is 2.06 bits per heavy atom. The molecule has 1 aliphatic carbocycles. The van der Waals surface area contributed by atoms with Crippen molar-refractivity contribution in [3.8, 4) is 0 Å². The largest absolute Gasteiger partial charge is 0.326 e. The molecule has 0 heterocycles. The summed E-state index contributed by atoms with van der Waals surface area (Å²) in [5, 5.41) is 1.59. The third-order valence-corrected chi connectivity index (χ3v) is 3.23. The number of rotatable bonds is 3. The molecule has 16 heavy (non-hydrogen) atoms. The normalized spacial score (nSPS) is 27.6. The second-order valence-corrected chi connectivity index (χ2v) is 4.99. The second kappa shape index (κ2) is 4.22. The van der Waals surface area contributed by atoms with Gasteiger partial charge in [0.1, 0.15) is 0 Å². The Labute approximate surface area is 103 Å². The van der Waals surface area contributed by atoms with Crippen molar-refractivity contribution in [2.75, 3.05) is 5.32 Å². The quantitative estimate of drug-likeness (QED) is 0.828. The monoisotopic (exact) mass is 261 g/mol. The SMILES string of the molecule is O=C(CC1CC1(F)Cl)Nc1ccc(Cl)cc1. The molecule has 5 heteroatoms. The van der Waals surface area contributed by atoms with Crippen LogP contribution in [0, 0.1) is 5.92 Å². The lowest BCUT2D eigenvalue weighted by Gasteiger charge is -2.04. The molecule has 1 aliphatic rings. The number of alkyl halides is 2. The van der Waals surface area contributed by atoms with Crippen LogP contribution in [0.3, 0.4) is 0 Å². The second-order valence-electron chi connectivity index (χ2n) is 3.92. The number of hydrogen-bond acceptors (Lipinski definition) is 1. The van der Waals surface area contributed by atoms with Crippen molar-refractivity contribution in [1.29, 1.82) is 0 Å². The molecule has 1 amide bonds. The van der Waals surface area contributed by atoms with E-state index in [0.29, 0.717) is 10.7 Å². The van der Waals surface area contributed by atoms with Crippen molar-refractivity contribution >= 4 is 34.8 Å². The molecular weight excluding hydrogens is 252 g/mol. The van der Waals surface area contributed by atoms with Gasteiger partial charge in [0.25, 0.3) is 0 Å². The fourth-order valence-electron chi connectivity index (χ4n) is 1.46. The first-order valence-electron chi connectivity index (χ1n) is 4.90. The summed E-state index contributed by atoms with van der Waals surface area (Å²) in [5.74, 6) is -0.589. The van der Waals surface area contributed by atoms with Gasteiger partial charge in [-0.1, -0.05) is 23.2 Å². The van der Waals surface area contributed by atoms with Gasteiger partial charge in [0.15, 0.2) is 5.13 Å². The Morgan fingerprint density at radius 3 is 2.56 bits per heavy atom. The maximum absolute atomic E-state index is 13.0. The van der Waals surface area contributed by atoms with Crippen molar-refractivity contribution in [3.63, 3.8) is 0 Å². The molecule has 86 valence electrons. The Kier molecular flexibility index (Phi) is 3.08. The molecular formula is C11H10Cl2FNO. The fraction of sp³-hybridized carbons (Fsp3) is 0.364. The van der Waals surface area contributed by atoms with Crippen LogP contribution in [0.5, 0.6) is 0 Å². The highest BCUT2D eigenvalue weighted by Gasteiger charge is 2.54. The van der Waals surface area contributed by atoms with Crippen molar-refractivity contribution in [2.24, 2.45) is 5.92 Å². The molecule has 1 aromatic rings. The minimum absolute atomic E-state index is 0.114. The van der Waals surface area contributed by atoms with Crippen LogP contribution in [0.1, 0.15) is 12.8 Å². The summed E-state index contributed by atoms with van der Waals surface area (Å²) in [6.45, 7) is 0. The highest BCUT2D eigenvalue weighted by molar-refractivity contribution is 6.30. The number of hydrogen-bond donors (Lipinski definition) is 1. The first kappa shape index (κ1) is 11.7. The number of nitrogens with one attached hydrogen (secondary N) is 1. The number of anilines is 1. The Hall–Kier alpha value is -0.800. The van der Waals surface area contributed by atoms with E-state index in [1.165, 1.54) is 0 Å². The van der Waals surface area contributed by atoms with E-state index >= 15 is 0 Å². The third-order valence-electron chi connectivity index (χ3n) is 2.52. The van der Waals surface area contributed by atoms with E-state index < -0.39 is 5.13 Å². The summed E-state index contributed by atoms with van der Waals surface area (Å²) in [6, 6.07) is 6.73. The Bertz CT molecular complexity index is 405. The molecule has 2 atom stereocenters. The van der Waals surface area contributed by atoms with Crippen LogP contribution >= 0.6 is 23.2 Å². The lowest BCUT2D eigenvalue weighted by molar-refractivity contribution is -0.116. The van der Waals surface area contributed by atoms with E-state index in [1.54, 1.807) is 24.3 Å². The summed E-state index contributed by atoms with van der Waals surface area (Å²) >= 11 is 11.1. The van der Waals surface area contributed by atoms with Crippen molar-refractivity contribution in [2.45, 2.75) is 18.0 Å². The van der Waals surface area contributed by atoms with E-state index in [4.69, 9.17) is 23.2 Å². The predicted octanol–water partition coefficient (Wildman–Crippen LogP) is 3.59. The maximum Gasteiger partial charge on any atom is 0.224 e. The van der Waals surface area contributed by atoms with Crippen LogP contribution in [0.25, 0.3) is 0 Å². The van der Waals surface area contributed by atoms with Gasteiger partial charge in [-0.15, -0.1) is 0 Å². The zero-order valence-electron chi connectivity index (χ0n) is 8.34. The predicted molar refractivity (Wildman–Crippen MR) is 62.5 cm³/mol. The minimum Gasteiger partial charge on any atom is -0.326 e. The molecule has 1 fully saturated rings. The lowest BCUT2D eigenvalue weighted by atomic mass is 10.2. The molecule has 2 nitrogen and oxygen atoms in total. The summed E-state index contributed by atoms with van der Waals surface area (Å²) < 4.78 is 13.0. The van der Waals surface area contributed by atoms with E-state index in [9.17, 15) is 9.18 Å². The van der Waals surface area contributed by atoms with Gasteiger partial charge in [-0.25, -0.2) is 4.39 Å². The average Bonchev–Trinajstić information content (AvgIpc) is 2.77. The van der Waals surface area contributed by atoms with Crippen LogP contribution in [0.2, 0.25) is 5.02 Å². The minimum atomic E-state index is -1.67. The third kappa shape index (κ3) is 2.86.